The third-order valence-electron chi connectivity index (χ3n) is 7.02. The van der Waals surface area contributed by atoms with Gasteiger partial charge in [-0.15, -0.1) is 0 Å². The number of benzene rings is 3. The lowest BCUT2D eigenvalue weighted by Crippen LogP contribution is -2.30. The third kappa shape index (κ3) is 6.82. The number of carbonyl (C=O) groups is 1. The molecule has 1 fully saturated rings. The van der Waals surface area contributed by atoms with E-state index in [-0.39, 0.29) is 18.2 Å². The van der Waals surface area contributed by atoms with Crippen LogP contribution in [-0.4, -0.2) is 31.3 Å². The van der Waals surface area contributed by atoms with E-state index in [1.807, 2.05) is 36.4 Å². The Bertz CT molecular complexity index is 1210. The average molecular weight is 506 g/mol. The maximum absolute atomic E-state index is 14.9. The molecule has 0 bridgehead atoms. The van der Waals surface area contributed by atoms with E-state index < -0.39 is 5.97 Å². The van der Waals surface area contributed by atoms with E-state index in [0.29, 0.717) is 23.7 Å². The zero-order valence-electron chi connectivity index (χ0n) is 21.7. The molecule has 3 aromatic carbocycles. The molecule has 0 aliphatic carbocycles. The first-order valence-electron chi connectivity index (χ1n) is 13.1. The van der Waals surface area contributed by atoms with Crippen LogP contribution in [0.2, 0.25) is 0 Å². The first-order valence-corrected chi connectivity index (χ1v) is 13.1. The molecule has 6 heteroatoms. The molecular formula is C31H36FNO4. The van der Waals surface area contributed by atoms with Gasteiger partial charge in [-0.3, -0.25) is 4.79 Å². The van der Waals surface area contributed by atoms with Gasteiger partial charge in [0.1, 0.15) is 23.9 Å². The van der Waals surface area contributed by atoms with Gasteiger partial charge >= 0.3 is 5.97 Å². The van der Waals surface area contributed by atoms with Crippen LogP contribution in [0.5, 0.6) is 11.5 Å². The number of hydrogen-bond donors (Lipinski definition) is 1. The van der Waals surface area contributed by atoms with Gasteiger partial charge in [-0.05, 0) is 79.1 Å². The lowest BCUT2D eigenvalue weighted by atomic mass is 9.91. The van der Waals surface area contributed by atoms with Crippen molar-refractivity contribution in [3.8, 4) is 22.6 Å². The van der Waals surface area contributed by atoms with E-state index in [9.17, 15) is 14.3 Å². The number of hydrogen-bond acceptors (Lipinski definition) is 4. The van der Waals surface area contributed by atoms with Crippen LogP contribution in [-0.2, 0) is 11.4 Å². The zero-order chi connectivity index (χ0) is 26.2. The van der Waals surface area contributed by atoms with Crippen LogP contribution < -0.4 is 14.4 Å². The van der Waals surface area contributed by atoms with Crippen molar-refractivity contribution in [2.24, 2.45) is 0 Å². The smallest absolute Gasteiger partial charge is 0.303 e. The van der Waals surface area contributed by atoms with Crippen molar-refractivity contribution in [2.75, 3.05) is 25.1 Å². The van der Waals surface area contributed by atoms with Crippen LogP contribution in [0.25, 0.3) is 11.1 Å². The van der Waals surface area contributed by atoms with E-state index in [0.717, 1.165) is 61.2 Å². The first-order chi connectivity index (χ1) is 18.0. The molecule has 5 nitrogen and oxygen atoms in total. The number of halogens is 1. The number of nitrogens with zero attached hydrogens (tertiary/aromatic N) is 1. The number of methoxy groups -OCH3 is 1. The molecule has 1 heterocycles. The summed E-state index contributed by atoms with van der Waals surface area (Å²) in [4.78, 5) is 13.7. The minimum atomic E-state index is -0.789. The Morgan fingerprint density at radius 3 is 2.54 bits per heavy atom. The molecule has 1 aliphatic heterocycles. The van der Waals surface area contributed by atoms with Crippen molar-refractivity contribution in [3.63, 3.8) is 0 Å². The highest BCUT2D eigenvalue weighted by molar-refractivity contribution is 5.80. The molecule has 0 unspecified atom stereocenters. The minimum absolute atomic E-state index is 0.0335. The molecule has 0 spiro atoms. The molecule has 1 saturated heterocycles. The van der Waals surface area contributed by atoms with Gasteiger partial charge in [-0.2, -0.15) is 0 Å². The van der Waals surface area contributed by atoms with E-state index in [4.69, 9.17) is 9.47 Å². The van der Waals surface area contributed by atoms with Gasteiger partial charge in [0, 0.05) is 29.9 Å². The van der Waals surface area contributed by atoms with Gasteiger partial charge in [-0.1, -0.05) is 37.6 Å². The Morgan fingerprint density at radius 2 is 1.81 bits per heavy atom. The van der Waals surface area contributed by atoms with Crippen LogP contribution in [0.3, 0.4) is 0 Å². The summed E-state index contributed by atoms with van der Waals surface area (Å²) in [5.74, 6) is 0.239. The predicted octanol–water partition coefficient (Wildman–Crippen LogP) is 7.43. The Morgan fingerprint density at radius 1 is 1.00 bits per heavy atom. The number of carboxylic acids is 1. The first kappa shape index (κ1) is 26.5. The molecule has 0 amide bonds. The maximum Gasteiger partial charge on any atom is 0.303 e. The van der Waals surface area contributed by atoms with Gasteiger partial charge in [0.05, 0.1) is 13.5 Å². The fourth-order valence-electron chi connectivity index (χ4n) is 5.10. The van der Waals surface area contributed by atoms with Crippen molar-refractivity contribution >= 4 is 11.7 Å². The van der Waals surface area contributed by atoms with Crippen molar-refractivity contribution in [3.05, 3.63) is 77.6 Å². The van der Waals surface area contributed by atoms with Crippen LogP contribution >= 0.6 is 0 Å². The summed E-state index contributed by atoms with van der Waals surface area (Å²) in [5, 5.41) is 9.31. The predicted molar refractivity (Wildman–Crippen MR) is 145 cm³/mol. The van der Waals surface area contributed by atoms with Gasteiger partial charge in [-0.25, -0.2) is 4.39 Å². The van der Waals surface area contributed by atoms with Crippen molar-refractivity contribution < 1.29 is 23.8 Å². The SMILES string of the molecule is CCC[C@@H](CC(=O)O)c1cccc(OCc2ccc(-c3cc(OC)ccc3F)c(N3CCCCC3)c2)c1. The van der Waals surface area contributed by atoms with Crippen LogP contribution in [0.4, 0.5) is 10.1 Å². The van der Waals surface area contributed by atoms with E-state index in [1.54, 1.807) is 19.2 Å². The largest absolute Gasteiger partial charge is 0.497 e. The number of ether oxygens (including phenoxy) is 2. The van der Waals surface area contributed by atoms with Crippen LogP contribution in [0, 0.1) is 5.82 Å². The molecule has 1 aliphatic rings. The number of carboxylic acid groups (broad SMARTS) is 1. The maximum atomic E-state index is 14.9. The topological polar surface area (TPSA) is 59.0 Å². The Balaban J connectivity index is 1.59. The molecule has 0 saturated carbocycles. The van der Waals surface area contributed by atoms with Crippen molar-refractivity contribution in [1.82, 2.24) is 0 Å². The van der Waals surface area contributed by atoms with E-state index >= 15 is 0 Å². The minimum Gasteiger partial charge on any atom is -0.497 e. The third-order valence-corrected chi connectivity index (χ3v) is 7.02. The number of piperidine rings is 1. The molecule has 0 radical (unpaired) electrons. The molecule has 196 valence electrons. The monoisotopic (exact) mass is 505 g/mol. The fraction of sp³-hybridized carbons (Fsp3) is 0.387. The van der Waals surface area contributed by atoms with E-state index in [2.05, 4.69) is 17.9 Å². The lowest BCUT2D eigenvalue weighted by Gasteiger charge is -2.31. The zero-order valence-corrected chi connectivity index (χ0v) is 21.7. The number of anilines is 1. The molecular weight excluding hydrogens is 469 g/mol. The lowest BCUT2D eigenvalue weighted by molar-refractivity contribution is -0.137. The fourth-order valence-corrected chi connectivity index (χ4v) is 5.10. The summed E-state index contributed by atoms with van der Waals surface area (Å²) in [7, 11) is 1.59. The summed E-state index contributed by atoms with van der Waals surface area (Å²) < 4.78 is 26.4. The summed E-state index contributed by atoms with van der Waals surface area (Å²) in [6.45, 7) is 4.30. The van der Waals surface area contributed by atoms with Gasteiger partial charge in [0.2, 0.25) is 0 Å². The molecule has 3 aromatic rings. The highest BCUT2D eigenvalue weighted by Gasteiger charge is 2.19. The summed E-state index contributed by atoms with van der Waals surface area (Å²) in [5.41, 5.74) is 4.36. The van der Waals surface area contributed by atoms with E-state index in [1.165, 1.54) is 12.5 Å². The van der Waals surface area contributed by atoms with Crippen LogP contribution in [0.1, 0.15) is 62.5 Å². The standard InChI is InChI=1S/C31H36FNO4/c1-3-8-23(19-31(34)35)24-9-7-10-26(18-24)37-21-22-11-13-27(28-20-25(36-2)12-14-29(28)32)30(17-22)33-15-5-4-6-16-33/h7,9-14,17-18,20,23H,3-6,8,15-16,19,21H2,1-2H3,(H,34,35)/t23-/m0/s1. The van der Waals surface area contributed by atoms with Gasteiger partial charge in [0.25, 0.3) is 0 Å². The van der Waals surface area contributed by atoms with Crippen molar-refractivity contribution in [2.45, 2.75) is 58.0 Å². The second-order valence-corrected chi connectivity index (χ2v) is 9.69. The summed E-state index contributed by atoms with van der Waals surface area (Å²) in [6, 6.07) is 18.7. The second kappa shape index (κ2) is 12.6. The molecule has 4 rings (SSSR count). The van der Waals surface area contributed by atoms with Gasteiger partial charge < -0.3 is 19.5 Å². The highest BCUT2D eigenvalue weighted by Crippen LogP contribution is 2.37. The number of rotatable bonds is 11. The summed E-state index contributed by atoms with van der Waals surface area (Å²) in [6.07, 6.45) is 5.28. The quantitative estimate of drug-likeness (QED) is 0.294. The van der Waals surface area contributed by atoms with Crippen LogP contribution in [0.15, 0.2) is 60.7 Å². The highest BCUT2D eigenvalue weighted by atomic mass is 19.1. The second-order valence-electron chi connectivity index (χ2n) is 9.69. The summed E-state index contributed by atoms with van der Waals surface area (Å²) >= 11 is 0. The average Bonchev–Trinajstić information content (AvgIpc) is 2.92. The number of aliphatic carboxylic acids is 1. The molecule has 37 heavy (non-hydrogen) atoms. The molecule has 1 N–H and O–H groups in total. The van der Waals surface area contributed by atoms with Crippen molar-refractivity contribution in [1.29, 1.82) is 0 Å². The molecule has 1 atom stereocenters. The normalized spacial score (nSPS) is 14.3. The Hall–Kier alpha value is -3.54. The Labute approximate surface area is 218 Å². The van der Waals surface area contributed by atoms with Gasteiger partial charge in [0.15, 0.2) is 0 Å². The Kier molecular flexibility index (Phi) is 9.04. The molecule has 0 aromatic heterocycles.